The van der Waals surface area contributed by atoms with Crippen molar-refractivity contribution in [2.45, 2.75) is 34.2 Å². The summed E-state index contributed by atoms with van der Waals surface area (Å²) in [7, 11) is 0. The maximum Gasteiger partial charge on any atom is 0.148 e. The molecule has 0 bridgehead atoms. The minimum absolute atomic E-state index is 0.805. The zero-order valence-electron chi connectivity index (χ0n) is 11.4. The maximum absolute atomic E-state index is 4.50. The van der Waals surface area contributed by atoms with Crippen LogP contribution in [-0.2, 0) is 6.54 Å². The molecular formula is C13H19N5. The molecule has 5 nitrogen and oxygen atoms in total. The normalized spacial score (nSPS) is 10.7. The van der Waals surface area contributed by atoms with E-state index in [2.05, 4.69) is 34.5 Å². The van der Waals surface area contributed by atoms with Crippen molar-refractivity contribution in [1.29, 1.82) is 0 Å². The Morgan fingerprint density at radius 2 is 1.94 bits per heavy atom. The topological polar surface area (TPSA) is 55.6 Å². The number of aryl methyl sites for hydroxylation is 2. The summed E-state index contributed by atoms with van der Waals surface area (Å²) < 4.78 is 1.99. The Labute approximate surface area is 107 Å². The van der Waals surface area contributed by atoms with Gasteiger partial charge in [0.05, 0.1) is 11.4 Å². The lowest BCUT2D eigenvalue weighted by Gasteiger charge is -2.04. The molecule has 0 aliphatic heterocycles. The summed E-state index contributed by atoms with van der Waals surface area (Å²) in [5.74, 6) is 0.805. The summed E-state index contributed by atoms with van der Waals surface area (Å²) in [5.41, 5.74) is 4.11. The molecule has 1 N–H and O–H groups in total. The number of hydrogen-bond acceptors (Lipinski definition) is 4. The molecule has 0 saturated carbocycles. The van der Waals surface area contributed by atoms with Gasteiger partial charge in [-0.05, 0) is 39.8 Å². The third kappa shape index (κ3) is 2.20. The van der Waals surface area contributed by atoms with E-state index < -0.39 is 0 Å². The van der Waals surface area contributed by atoms with Crippen LogP contribution in [0.1, 0.15) is 25.2 Å². The van der Waals surface area contributed by atoms with Crippen LogP contribution in [0.5, 0.6) is 0 Å². The smallest absolute Gasteiger partial charge is 0.148 e. The van der Waals surface area contributed by atoms with E-state index in [4.69, 9.17) is 0 Å². The van der Waals surface area contributed by atoms with Gasteiger partial charge >= 0.3 is 0 Å². The van der Waals surface area contributed by atoms with E-state index in [0.29, 0.717) is 0 Å². The van der Waals surface area contributed by atoms with Crippen LogP contribution in [-0.4, -0.2) is 26.5 Å². The van der Waals surface area contributed by atoms with E-state index in [1.165, 1.54) is 0 Å². The first kappa shape index (κ1) is 12.5. The van der Waals surface area contributed by atoms with Crippen LogP contribution in [0.2, 0.25) is 0 Å². The van der Waals surface area contributed by atoms with Crippen molar-refractivity contribution in [3.05, 3.63) is 23.5 Å². The van der Waals surface area contributed by atoms with Crippen molar-refractivity contribution in [3.63, 3.8) is 0 Å². The van der Waals surface area contributed by atoms with E-state index >= 15 is 0 Å². The summed E-state index contributed by atoms with van der Waals surface area (Å²) in [6, 6.07) is 3.94. The molecule has 96 valence electrons. The van der Waals surface area contributed by atoms with Crippen LogP contribution in [0.4, 0.5) is 5.82 Å². The molecule has 2 aromatic heterocycles. The van der Waals surface area contributed by atoms with Crippen LogP contribution in [0.25, 0.3) is 11.3 Å². The molecule has 0 fully saturated rings. The Morgan fingerprint density at radius 1 is 1.17 bits per heavy atom. The molecule has 2 aromatic rings. The highest BCUT2D eigenvalue weighted by Crippen LogP contribution is 2.25. The molecule has 0 aliphatic carbocycles. The molecule has 0 saturated heterocycles. The molecule has 18 heavy (non-hydrogen) atoms. The van der Waals surface area contributed by atoms with E-state index in [0.717, 1.165) is 41.6 Å². The van der Waals surface area contributed by atoms with Gasteiger partial charge in [-0.3, -0.25) is 4.68 Å². The fourth-order valence-corrected chi connectivity index (χ4v) is 2.12. The third-order valence-corrected chi connectivity index (χ3v) is 2.96. The predicted octanol–water partition coefficient (Wildman–Crippen LogP) is 2.41. The molecule has 2 rings (SSSR count). The zero-order chi connectivity index (χ0) is 13.1. The highest BCUT2D eigenvalue weighted by molar-refractivity contribution is 5.65. The SMILES string of the molecule is CCNc1ccc(-c2c(C)nn(CC)c2C)nn1. The number of aromatic nitrogens is 4. The van der Waals surface area contributed by atoms with Crippen LogP contribution in [0, 0.1) is 13.8 Å². The molecule has 0 atom stereocenters. The summed E-state index contributed by atoms with van der Waals surface area (Å²) >= 11 is 0. The molecular weight excluding hydrogens is 226 g/mol. The largest absolute Gasteiger partial charge is 0.369 e. The number of hydrogen-bond donors (Lipinski definition) is 1. The molecule has 0 aliphatic rings. The van der Waals surface area contributed by atoms with Gasteiger partial charge in [-0.25, -0.2) is 0 Å². The van der Waals surface area contributed by atoms with Gasteiger partial charge < -0.3 is 5.32 Å². The highest BCUT2D eigenvalue weighted by Gasteiger charge is 2.14. The minimum atomic E-state index is 0.805. The lowest BCUT2D eigenvalue weighted by atomic mass is 10.1. The van der Waals surface area contributed by atoms with Gasteiger partial charge in [-0.2, -0.15) is 5.10 Å². The minimum Gasteiger partial charge on any atom is -0.369 e. The van der Waals surface area contributed by atoms with Crippen molar-refractivity contribution in [3.8, 4) is 11.3 Å². The highest BCUT2D eigenvalue weighted by atomic mass is 15.3. The second-order valence-electron chi connectivity index (χ2n) is 4.20. The number of anilines is 1. The first-order chi connectivity index (χ1) is 8.67. The van der Waals surface area contributed by atoms with Crippen molar-refractivity contribution in [1.82, 2.24) is 20.0 Å². The monoisotopic (exact) mass is 245 g/mol. The molecule has 0 amide bonds. The summed E-state index contributed by atoms with van der Waals surface area (Å²) in [6.45, 7) is 9.92. The average Bonchev–Trinajstić information content (AvgIpc) is 2.66. The summed E-state index contributed by atoms with van der Waals surface area (Å²) in [6.07, 6.45) is 0. The van der Waals surface area contributed by atoms with Crippen LogP contribution < -0.4 is 5.32 Å². The van der Waals surface area contributed by atoms with E-state index in [1.807, 2.05) is 30.7 Å². The fraction of sp³-hybridized carbons (Fsp3) is 0.462. The Kier molecular flexibility index (Phi) is 3.60. The standard InChI is InChI=1S/C13H19N5/c1-5-14-12-8-7-11(15-16-12)13-9(3)17-18(6-2)10(13)4/h7-8H,5-6H2,1-4H3,(H,14,16). The van der Waals surface area contributed by atoms with E-state index in [1.54, 1.807) is 0 Å². The first-order valence-corrected chi connectivity index (χ1v) is 6.29. The van der Waals surface area contributed by atoms with Gasteiger partial charge in [0.25, 0.3) is 0 Å². The lowest BCUT2D eigenvalue weighted by Crippen LogP contribution is -2.01. The Hall–Kier alpha value is -1.91. The van der Waals surface area contributed by atoms with E-state index in [9.17, 15) is 0 Å². The third-order valence-electron chi connectivity index (χ3n) is 2.96. The molecule has 5 heteroatoms. The number of nitrogens with one attached hydrogen (secondary N) is 1. The second kappa shape index (κ2) is 5.16. The van der Waals surface area contributed by atoms with Crippen molar-refractivity contribution in [2.75, 3.05) is 11.9 Å². The maximum atomic E-state index is 4.50. The Bertz CT molecular complexity index is 527. The second-order valence-corrected chi connectivity index (χ2v) is 4.20. The van der Waals surface area contributed by atoms with Gasteiger partial charge in [0.1, 0.15) is 5.82 Å². The Balaban J connectivity index is 2.39. The van der Waals surface area contributed by atoms with E-state index in [-0.39, 0.29) is 0 Å². The van der Waals surface area contributed by atoms with Gasteiger partial charge in [0, 0.05) is 24.3 Å². The molecule has 0 aromatic carbocycles. The summed E-state index contributed by atoms with van der Waals surface area (Å²) in [4.78, 5) is 0. The number of nitrogens with zero attached hydrogens (tertiary/aromatic N) is 4. The predicted molar refractivity (Wildman–Crippen MR) is 72.6 cm³/mol. The van der Waals surface area contributed by atoms with Crippen LogP contribution in [0.3, 0.4) is 0 Å². The van der Waals surface area contributed by atoms with Gasteiger partial charge in [0.2, 0.25) is 0 Å². The van der Waals surface area contributed by atoms with Gasteiger partial charge in [-0.15, -0.1) is 10.2 Å². The van der Waals surface area contributed by atoms with Crippen molar-refractivity contribution >= 4 is 5.82 Å². The summed E-state index contributed by atoms with van der Waals surface area (Å²) in [5, 5.41) is 16.1. The molecule has 0 radical (unpaired) electrons. The van der Waals surface area contributed by atoms with Crippen molar-refractivity contribution < 1.29 is 0 Å². The first-order valence-electron chi connectivity index (χ1n) is 6.29. The van der Waals surface area contributed by atoms with Crippen LogP contribution in [0.15, 0.2) is 12.1 Å². The Morgan fingerprint density at radius 3 is 2.44 bits per heavy atom. The van der Waals surface area contributed by atoms with Crippen molar-refractivity contribution in [2.24, 2.45) is 0 Å². The molecule has 2 heterocycles. The van der Waals surface area contributed by atoms with Crippen LogP contribution >= 0.6 is 0 Å². The average molecular weight is 245 g/mol. The zero-order valence-corrected chi connectivity index (χ0v) is 11.4. The van der Waals surface area contributed by atoms with Gasteiger partial charge in [0.15, 0.2) is 0 Å². The molecule has 0 unspecified atom stereocenters. The molecule has 0 spiro atoms. The number of rotatable bonds is 4. The lowest BCUT2D eigenvalue weighted by molar-refractivity contribution is 0.634. The van der Waals surface area contributed by atoms with Gasteiger partial charge in [-0.1, -0.05) is 0 Å². The fourth-order valence-electron chi connectivity index (χ4n) is 2.12. The quantitative estimate of drug-likeness (QED) is 0.898.